The number of nitrogens with one attached hydrogen (secondary N) is 1. The fourth-order valence-electron chi connectivity index (χ4n) is 5.65. The van der Waals surface area contributed by atoms with E-state index in [9.17, 15) is 4.79 Å². The van der Waals surface area contributed by atoms with Crippen LogP contribution in [0.2, 0.25) is 5.04 Å². The van der Waals surface area contributed by atoms with Crippen LogP contribution in [0.15, 0.2) is 78.9 Å². The average molecular weight is 545 g/mol. The van der Waals surface area contributed by atoms with Gasteiger partial charge in [0.1, 0.15) is 0 Å². The van der Waals surface area contributed by atoms with Gasteiger partial charge in [0.05, 0.1) is 11.4 Å². The Balaban J connectivity index is 1.45. The summed E-state index contributed by atoms with van der Waals surface area (Å²) in [6, 6.07) is 27.1. The number of nitrogens with two attached hydrogens (primary N) is 1. The maximum atomic E-state index is 13.1. The third-order valence-corrected chi connectivity index (χ3v) is 12.7. The lowest BCUT2D eigenvalue weighted by molar-refractivity contribution is -0.116. The summed E-state index contributed by atoms with van der Waals surface area (Å²) in [5.74, 6) is -0.0140. The highest BCUT2D eigenvalue weighted by Crippen LogP contribution is 2.37. The van der Waals surface area contributed by atoms with Crippen LogP contribution in [0.4, 0.5) is 17.1 Å². The zero-order valence-electron chi connectivity index (χ0n) is 24.0. The summed E-state index contributed by atoms with van der Waals surface area (Å²) < 4.78 is 6.95. The third kappa shape index (κ3) is 6.90. The fraction of sp³-hybridized carbons (Fsp3) is 0.406. The number of amides is 1. The second-order valence-electron chi connectivity index (χ2n) is 11.6. The topological polar surface area (TPSA) is 70.8 Å². The molecule has 0 atom stereocenters. The molecule has 7 heteroatoms. The number of carbonyl (C=O) groups excluding carboxylic acids is 1. The van der Waals surface area contributed by atoms with E-state index < -0.39 is 8.32 Å². The van der Waals surface area contributed by atoms with Crippen LogP contribution in [0.3, 0.4) is 0 Å². The van der Waals surface area contributed by atoms with Crippen LogP contribution in [0.25, 0.3) is 0 Å². The van der Waals surface area contributed by atoms with Crippen LogP contribution in [-0.2, 0) is 9.22 Å². The zero-order chi connectivity index (χ0) is 27.9. The van der Waals surface area contributed by atoms with Crippen molar-refractivity contribution in [3.05, 3.63) is 78.9 Å². The van der Waals surface area contributed by atoms with Crippen LogP contribution >= 0.6 is 0 Å². The van der Waals surface area contributed by atoms with Crippen molar-refractivity contribution in [2.45, 2.75) is 45.1 Å². The number of likely N-dealkylation sites (N-methyl/N-ethyl adjacent to an activating group) is 1. The van der Waals surface area contributed by atoms with E-state index in [1.54, 1.807) is 0 Å². The van der Waals surface area contributed by atoms with Gasteiger partial charge in [-0.3, -0.25) is 4.79 Å². The lowest BCUT2D eigenvalue weighted by Gasteiger charge is -2.43. The Kier molecular flexibility index (Phi) is 9.48. The second-order valence-corrected chi connectivity index (χ2v) is 15.9. The largest absolute Gasteiger partial charge is 0.407 e. The van der Waals surface area contributed by atoms with Gasteiger partial charge < -0.3 is 25.3 Å². The van der Waals surface area contributed by atoms with Crippen molar-refractivity contribution < 1.29 is 9.22 Å². The van der Waals surface area contributed by atoms with Crippen LogP contribution < -0.4 is 26.3 Å². The Morgan fingerprint density at radius 2 is 1.56 bits per heavy atom. The molecule has 39 heavy (non-hydrogen) atoms. The van der Waals surface area contributed by atoms with Crippen LogP contribution in [0.5, 0.6) is 0 Å². The minimum absolute atomic E-state index is 0.0140. The Bertz CT molecular complexity index is 1170. The molecule has 0 saturated carbocycles. The molecule has 1 heterocycles. The number of anilines is 3. The van der Waals surface area contributed by atoms with Gasteiger partial charge in [-0.1, -0.05) is 81.4 Å². The molecular formula is C32H44N4O2Si. The highest BCUT2D eigenvalue weighted by Gasteiger charge is 2.49. The first-order chi connectivity index (χ1) is 18.7. The number of hydrogen-bond acceptors (Lipinski definition) is 5. The Labute approximate surface area is 235 Å². The minimum atomic E-state index is -2.60. The summed E-state index contributed by atoms with van der Waals surface area (Å²) in [7, 11) is -0.447. The van der Waals surface area contributed by atoms with Crippen molar-refractivity contribution in [1.29, 1.82) is 0 Å². The summed E-state index contributed by atoms with van der Waals surface area (Å²) in [6.45, 7) is 11.3. The molecular weight excluding hydrogens is 500 g/mol. The number of nitrogen functional groups attached to an aromatic ring is 1. The van der Waals surface area contributed by atoms with Crippen molar-refractivity contribution in [3.63, 3.8) is 0 Å². The first-order valence-electron chi connectivity index (χ1n) is 14.1. The minimum Gasteiger partial charge on any atom is -0.407 e. The van der Waals surface area contributed by atoms with Crippen LogP contribution in [0.1, 0.15) is 40.0 Å². The molecule has 6 nitrogen and oxygen atoms in total. The van der Waals surface area contributed by atoms with E-state index in [0.29, 0.717) is 25.1 Å². The van der Waals surface area contributed by atoms with Gasteiger partial charge in [-0.2, -0.15) is 0 Å². The normalized spacial score (nSPS) is 15.1. The van der Waals surface area contributed by atoms with E-state index in [1.807, 2.05) is 18.2 Å². The number of carbonyl (C=O) groups is 1. The summed E-state index contributed by atoms with van der Waals surface area (Å²) >= 11 is 0. The molecule has 4 rings (SSSR count). The fourth-order valence-corrected chi connectivity index (χ4v) is 10.3. The second kappa shape index (κ2) is 12.8. The number of nitrogens with zero attached hydrogens (tertiary/aromatic N) is 2. The monoisotopic (exact) mass is 544 g/mol. The Morgan fingerprint density at radius 3 is 2.18 bits per heavy atom. The predicted octanol–water partition coefficient (Wildman–Crippen LogP) is 4.71. The molecule has 0 radical (unpaired) electrons. The van der Waals surface area contributed by atoms with Crippen LogP contribution in [0, 0.1) is 0 Å². The van der Waals surface area contributed by atoms with Gasteiger partial charge in [0.25, 0.3) is 8.32 Å². The molecule has 1 fully saturated rings. The quantitative estimate of drug-likeness (QED) is 0.232. The number of hydrogen-bond donors (Lipinski definition) is 2. The highest BCUT2D eigenvalue weighted by molar-refractivity contribution is 6.99. The first-order valence-corrected chi connectivity index (χ1v) is 16.0. The highest BCUT2D eigenvalue weighted by atomic mass is 28.4. The zero-order valence-corrected chi connectivity index (χ0v) is 25.0. The Morgan fingerprint density at radius 1 is 0.923 bits per heavy atom. The van der Waals surface area contributed by atoms with Gasteiger partial charge >= 0.3 is 0 Å². The molecule has 3 aromatic carbocycles. The van der Waals surface area contributed by atoms with E-state index in [4.69, 9.17) is 10.2 Å². The van der Waals surface area contributed by atoms with Gasteiger partial charge in [-0.15, -0.1) is 0 Å². The molecule has 0 spiro atoms. The molecule has 1 aliphatic rings. The summed E-state index contributed by atoms with van der Waals surface area (Å²) in [5, 5.41) is 5.57. The van der Waals surface area contributed by atoms with Crippen molar-refractivity contribution in [2.75, 3.05) is 55.8 Å². The Hall–Kier alpha value is -3.13. The molecule has 208 valence electrons. The van der Waals surface area contributed by atoms with Crippen molar-refractivity contribution in [2.24, 2.45) is 0 Å². The third-order valence-electron chi connectivity index (χ3n) is 7.64. The predicted molar refractivity (Wildman–Crippen MR) is 167 cm³/mol. The number of benzene rings is 3. The molecule has 0 unspecified atom stereocenters. The van der Waals surface area contributed by atoms with E-state index >= 15 is 0 Å². The molecule has 1 saturated heterocycles. The van der Waals surface area contributed by atoms with E-state index in [-0.39, 0.29) is 10.9 Å². The van der Waals surface area contributed by atoms with Gasteiger partial charge in [-0.25, -0.2) is 0 Å². The SMILES string of the molecule is CN1CCCN(c2ccc(N)cc2NC(=O)CCCO[Si](c2ccccc2)(c2ccccc2)C(C)(C)C)CC1. The molecule has 3 N–H and O–H groups in total. The molecule has 3 aromatic rings. The molecule has 0 aromatic heterocycles. The molecule has 1 amide bonds. The summed E-state index contributed by atoms with van der Waals surface area (Å²) in [6.07, 6.45) is 2.12. The molecule has 0 aliphatic carbocycles. The standard InChI is InChI=1S/C32H44N4O2Si/c1-32(2,3)39(27-13-7-5-8-14-27,28-15-9-6-10-16-28)38-24-11-17-31(37)34-29-25-26(33)18-19-30(29)36-21-12-20-35(4)22-23-36/h5-10,13-16,18-19,25H,11-12,17,20-24,33H2,1-4H3,(H,34,37). The lowest BCUT2D eigenvalue weighted by atomic mass is 10.2. The smallest absolute Gasteiger partial charge is 0.261 e. The van der Waals surface area contributed by atoms with Gasteiger partial charge in [0.2, 0.25) is 5.91 Å². The van der Waals surface area contributed by atoms with Gasteiger partial charge in [-0.05, 0) is 60.0 Å². The van der Waals surface area contributed by atoms with Gasteiger partial charge in [0.15, 0.2) is 0 Å². The number of rotatable bonds is 9. The molecule has 1 aliphatic heterocycles. The average Bonchev–Trinajstić information content (AvgIpc) is 3.13. The van der Waals surface area contributed by atoms with E-state index in [0.717, 1.165) is 44.0 Å². The summed E-state index contributed by atoms with van der Waals surface area (Å²) in [4.78, 5) is 17.8. The van der Waals surface area contributed by atoms with Crippen molar-refractivity contribution in [3.8, 4) is 0 Å². The maximum Gasteiger partial charge on any atom is 0.261 e. The molecule has 0 bridgehead atoms. The van der Waals surface area contributed by atoms with Crippen molar-refractivity contribution in [1.82, 2.24) is 4.90 Å². The summed E-state index contributed by atoms with van der Waals surface area (Å²) in [5.41, 5.74) is 8.59. The van der Waals surface area contributed by atoms with Gasteiger partial charge in [0, 0.05) is 38.3 Å². The van der Waals surface area contributed by atoms with E-state index in [2.05, 4.69) is 104 Å². The maximum absolute atomic E-state index is 13.1. The van der Waals surface area contributed by atoms with Crippen molar-refractivity contribution >= 4 is 41.7 Å². The first kappa shape index (κ1) is 28.9. The lowest BCUT2D eigenvalue weighted by Crippen LogP contribution is -2.66. The van der Waals surface area contributed by atoms with E-state index in [1.165, 1.54) is 10.4 Å². The van der Waals surface area contributed by atoms with Crippen LogP contribution in [-0.4, -0.2) is 59.0 Å².